The minimum atomic E-state index is -0.514. The van der Waals surface area contributed by atoms with E-state index in [4.69, 9.17) is 9.47 Å². The van der Waals surface area contributed by atoms with E-state index in [1.165, 1.54) is 30.7 Å². The third kappa shape index (κ3) is 4.41. The highest BCUT2D eigenvalue weighted by atomic mass is 32.1. The highest BCUT2D eigenvalue weighted by Crippen LogP contribution is 2.37. The molecule has 27 heavy (non-hydrogen) atoms. The van der Waals surface area contributed by atoms with E-state index in [0.29, 0.717) is 23.1 Å². The first-order valence-corrected chi connectivity index (χ1v) is 9.66. The molecule has 0 amide bonds. The summed E-state index contributed by atoms with van der Waals surface area (Å²) < 4.78 is 10.6. The van der Waals surface area contributed by atoms with Crippen LogP contribution >= 0.6 is 22.7 Å². The number of aromatic nitrogens is 1. The van der Waals surface area contributed by atoms with Gasteiger partial charge in [-0.05, 0) is 24.4 Å². The van der Waals surface area contributed by atoms with Gasteiger partial charge >= 0.3 is 5.69 Å². The van der Waals surface area contributed by atoms with Crippen molar-refractivity contribution in [1.29, 1.82) is 0 Å². The fourth-order valence-corrected chi connectivity index (χ4v) is 3.73. The average Bonchev–Trinajstić information content (AvgIpc) is 3.33. The molecule has 0 aliphatic rings. The van der Waals surface area contributed by atoms with Gasteiger partial charge < -0.3 is 9.47 Å². The SMILES string of the molecule is CCOc1cc(/C=N\Nc2nc(-c3cccs3)cs2)cc([N+](=O)[O-])c1OC. The van der Waals surface area contributed by atoms with E-state index >= 15 is 0 Å². The lowest BCUT2D eigenvalue weighted by atomic mass is 10.2. The summed E-state index contributed by atoms with van der Waals surface area (Å²) in [5.41, 5.74) is 4.05. The number of nitrogens with zero attached hydrogens (tertiary/aromatic N) is 3. The number of thiophene rings is 1. The Labute approximate surface area is 163 Å². The van der Waals surface area contributed by atoms with Crippen molar-refractivity contribution in [2.45, 2.75) is 6.92 Å². The Kier molecular flexibility index (Phi) is 5.99. The highest BCUT2D eigenvalue weighted by Gasteiger charge is 2.21. The molecule has 10 heteroatoms. The second-order valence-electron chi connectivity index (χ2n) is 5.15. The van der Waals surface area contributed by atoms with Crippen LogP contribution in [0.25, 0.3) is 10.6 Å². The number of nitro groups is 1. The van der Waals surface area contributed by atoms with E-state index in [2.05, 4.69) is 15.5 Å². The lowest BCUT2D eigenvalue weighted by Gasteiger charge is -2.10. The van der Waals surface area contributed by atoms with Gasteiger partial charge in [-0.1, -0.05) is 6.07 Å². The molecule has 3 aromatic rings. The first-order valence-electron chi connectivity index (χ1n) is 7.90. The van der Waals surface area contributed by atoms with Gasteiger partial charge in [0.25, 0.3) is 0 Å². The molecule has 2 heterocycles. The molecular formula is C17H16N4O4S2. The molecule has 140 valence electrons. The van der Waals surface area contributed by atoms with E-state index in [0.717, 1.165) is 10.6 Å². The number of nitro benzene ring substituents is 1. The summed E-state index contributed by atoms with van der Waals surface area (Å²) in [6.07, 6.45) is 1.47. The van der Waals surface area contributed by atoms with Gasteiger partial charge in [-0.15, -0.1) is 22.7 Å². The Morgan fingerprint density at radius 2 is 2.26 bits per heavy atom. The normalized spacial score (nSPS) is 10.9. The van der Waals surface area contributed by atoms with Gasteiger partial charge in [-0.2, -0.15) is 5.10 Å². The molecule has 0 spiro atoms. The molecule has 0 saturated carbocycles. The molecule has 1 N–H and O–H groups in total. The van der Waals surface area contributed by atoms with Gasteiger partial charge in [-0.25, -0.2) is 4.98 Å². The molecule has 1 aromatic carbocycles. The van der Waals surface area contributed by atoms with Gasteiger partial charge in [0.05, 0.1) is 35.4 Å². The number of methoxy groups -OCH3 is 1. The van der Waals surface area contributed by atoms with Crippen molar-refractivity contribution in [3.8, 4) is 22.1 Å². The zero-order valence-corrected chi connectivity index (χ0v) is 16.2. The van der Waals surface area contributed by atoms with Crippen LogP contribution in [0.15, 0.2) is 40.1 Å². The standard InChI is InChI=1S/C17H16N4O4S2/c1-3-25-14-8-11(7-13(21(22)23)16(14)24-2)9-18-20-17-19-12(10-27-17)15-5-4-6-26-15/h4-10H,3H2,1-2H3,(H,19,20)/b18-9-. The lowest BCUT2D eigenvalue weighted by Crippen LogP contribution is -2.01. The van der Waals surface area contributed by atoms with Crippen LogP contribution in [0, 0.1) is 10.1 Å². The number of thiazole rings is 1. The maximum atomic E-state index is 11.3. The Morgan fingerprint density at radius 3 is 2.93 bits per heavy atom. The maximum Gasteiger partial charge on any atom is 0.315 e. The molecule has 3 rings (SSSR count). The third-order valence-electron chi connectivity index (χ3n) is 3.41. The Hall–Kier alpha value is -2.98. The number of anilines is 1. The van der Waals surface area contributed by atoms with Gasteiger partial charge in [-0.3, -0.25) is 15.5 Å². The maximum absolute atomic E-state index is 11.3. The number of nitrogens with one attached hydrogen (secondary N) is 1. The van der Waals surface area contributed by atoms with Crippen molar-refractivity contribution in [3.63, 3.8) is 0 Å². The summed E-state index contributed by atoms with van der Waals surface area (Å²) in [7, 11) is 1.37. The molecule has 0 fully saturated rings. The molecule has 0 saturated heterocycles. The Morgan fingerprint density at radius 1 is 1.41 bits per heavy atom. The minimum absolute atomic E-state index is 0.0903. The fraction of sp³-hybridized carbons (Fsp3) is 0.176. The van der Waals surface area contributed by atoms with E-state index in [9.17, 15) is 10.1 Å². The van der Waals surface area contributed by atoms with Crippen LogP contribution in [0.5, 0.6) is 11.5 Å². The fourth-order valence-electron chi connectivity index (χ4n) is 2.31. The molecule has 0 radical (unpaired) electrons. The summed E-state index contributed by atoms with van der Waals surface area (Å²) in [6, 6.07) is 6.99. The molecular weight excluding hydrogens is 388 g/mol. The number of rotatable bonds is 8. The minimum Gasteiger partial charge on any atom is -0.490 e. The largest absolute Gasteiger partial charge is 0.490 e. The van der Waals surface area contributed by atoms with Crippen LogP contribution in [0.3, 0.4) is 0 Å². The summed E-state index contributed by atoms with van der Waals surface area (Å²) in [6.45, 7) is 2.15. The van der Waals surface area contributed by atoms with E-state index in [-0.39, 0.29) is 11.4 Å². The van der Waals surface area contributed by atoms with E-state index in [1.807, 2.05) is 22.9 Å². The first-order chi connectivity index (χ1) is 13.1. The van der Waals surface area contributed by atoms with Crippen LogP contribution in [-0.2, 0) is 0 Å². The summed E-state index contributed by atoms with van der Waals surface area (Å²) in [5.74, 6) is 0.386. The topological polar surface area (TPSA) is 98.9 Å². The van der Waals surface area contributed by atoms with E-state index in [1.54, 1.807) is 24.3 Å². The molecule has 2 aromatic heterocycles. The summed E-state index contributed by atoms with van der Waals surface area (Å²) in [4.78, 5) is 16.3. The van der Waals surface area contributed by atoms with Crippen LogP contribution in [0.1, 0.15) is 12.5 Å². The lowest BCUT2D eigenvalue weighted by molar-refractivity contribution is -0.385. The van der Waals surface area contributed by atoms with E-state index < -0.39 is 4.92 Å². The van der Waals surface area contributed by atoms with Crippen LogP contribution in [0.4, 0.5) is 10.8 Å². The average molecular weight is 404 g/mol. The number of hydrogen-bond donors (Lipinski definition) is 1. The van der Waals surface area contributed by atoms with Crippen molar-refractivity contribution in [2.24, 2.45) is 5.10 Å². The number of hydrogen-bond acceptors (Lipinski definition) is 9. The summed E-state index contributed by atoms with van der Waals surface area (Å²) >= 11 is 3.04. The molecule has 0 unspecified atom stereocenters. The smallest absolute Gasteiger partial charge is 0.315 e. The zero-order valence-electron chi connectivity index (χ0n) is 14.5. The molecule has 8 nitrogen and oxygen atoms in total. The van der Waals surface area contributed by atoms with Crippen molar-refractivity contribution in [1.82, 2.24) is 4.98 Å². The van der Waals surface area contributed by atoms with Gasteiger partial charge in [0.2, 0.25) is 10.9 Å². The summed E-state index contributed by atoms with van der Waals surface area (Å²) in [5, 5.41) is 20.0. The van der Waals surface area contributed by atoms with Crippen molar-refractivity contribution in [3.05, 3.63) is 50.7 Å². The van der Waals surface area contributed by atoms with Crippen LogP contribution < -0.4 is 14.9 Å². The van der Waals surface area contributed by atoms with Crippen LogP contribution in [-0.4, -0.2) is 29.8 Å². The highest BCUT2D eigenvalue weighted by molar-refractivity contribution is 7.15. The van der Waals surface area contributed by atoms with Gasteiger partial charge in [0.15, 0.2) is 5.75 Å². The second kappa shape index (κ2) is 8.60. The molecule has 0 aliphatic heterocycles. The number of ether oxygens (including phenoxy) is 2. The Balaban J connectivity index is 1.79. The van der Waals surface area contributed by atoms with Crippen LogP contribution in [0.2, 0.25) is 0 Å². The number of benzene rings is 1. The van der Waals surface area contributed by atoms with Crippen molar-refractivity contribution in [2.75, 3.05) is 19.1 Å². The quantitative estimate of drug-likeness (QED) is 0.334. The van der Waals surface area contributed by atoms with Crippen molar-refractivity contribution < 1.29 is 14.4 Å². The van der Waals surface area contributed by atoms with Gasteiger partial charge in [0, 0.05) is 17.0 Å². The predicted molar refractivity (Wildman–Crippen MR) is 107 cm³/mol. The monoisotopic (exact) mass is 404 g/mol. The van der Waals surface area contributed by atoms with Gasteiger partial charge in [0.1, 0.15) is 0 Å². The van der Waals surface area contributed by atoms with Crippen molar-refractivity contribution >= 4 is 39.7 Å². The first kappa shape index (κ1) is 18.8. The molecule has 0 bridgehead atoms. The number of hydrazone groups is 1. The Bertz CT molecular complexity index is 954. The zero-order chi connectivity index (χ0) is 19.2. The molecule has 0 atom stereocenters. The third-order valence-corrected chi connectivity index (χ3v) is 5.05. The molecule has 0 aliphatic carbocycles. The predicted octanol–water partition coefficient (Wildman–Crippen LogP) is 4.63. The second-order valence-corrected chi connectivity index (χ2v) is 6.95.